The van der Waals surface area contributed by atoms with Crippen molar-refractivity contribution in [2.24, 2.45) is 11.3 Å². The van der Waals surface area contributed by atoms with E-state index in [9.17, 15) is 9.59 Å². The van der Waals surface area contributed by atoms with Crippen molar-refractivity contribution in [3.05, 3.63) is 34.9 Å². The Bertz CT molecular complexity index is 571. The van der Waals surface area contributed by atoms with Gasteiger partial charge in [-0.1, -0.05) is 39.3 Å². The number of hydrogen-bond donors (Lipinski definition) is 3. The molecule has 5 nitrogen and oxygen atoms in total. The van der Waals surface area contributed by atoms with Crippen molar-refractivity contribution in [2.75, 3.05) is 13.2 Å². The van der Waals surface area contributed by atoms with Crippen molar-refractivity contribution >= 4 is 23.4 Å². The Morgan fingerprint density at radius 2 is 1.80 bits per heavy atom. The Kier molecular flexibility index (Phi) is 8.39. The van der Waals surface area contributed by atoms with E-state index in [1.165, 1.54) is 0 Å². The Morgan fingerprint density at radius 1 is 1.20 bits per heavy atom. The predicted molar refractivity (Wildman–Crippen MR) is 101 cm³/mol. The fourth-order valence-corrected chi connectivity index (χ4v) is 2.57. The van der Waals surface area contributed by atoms with E-state index in [0.717, 1.165) is 6.42 Å². The van der Waals surface area contributed by atoms with Crippen LogP contribution >= 0.6 is 11.6 Å². The molecule has 1 atom stereocenters. The molecule has 0 saturated heterocycles. The quantitative estimate of drug-likeness (QED) is 0.627. The van der Waals surface area contributed by atoms with Crippen LogP contribution in [0.5, 0.6) is 0 Å². The van der Waals surface area contributed by atoms with Gasteiger partial charge in [-0.15, -0.1) is 0 Å². The van der Waals surface area contributed by atoms with Gasteiger partial charge < -0.3 is 15.7 Å². The van der Waals surface area contributed by atoms with Crippen molar-refractivity contribution in [3.8, 4) is 0 Å². The van der Waals surface area contributed by atoms with Gasteiger partial charge in [-0.3, -0.25) is 9.59 Å². The molecular formula is C19H29ClN2O3. The number of nitrogens with one attached hydrogen (secondary N) is 2. The third-order valence-electron chi connectivity index (χ3n) is 4.09. The molecule has 0 saturated carbocycles. The molecule has 0 bridgehead atoms. The van der Waals surface area contributed by atoms with Gasteiger partial charge in [0.2, 0.25) is 5.91 Å². The zero-order chi connectivity index (χ0) is 19.0. The maximum atomic E-state index is 12.5. The van der Waals surface area contributed by atoms with Gasteiger partial charge in [-0.2, -0.15) is 0 Å². The normalized spacial score (nSPS) is 12.8. The largest absolute Gasteiger partial charge is 0.396 e. The van der Waals surface area contributed by atoms with Gasteiger partial charge in [0.15, 0.2) is 0 Å². The number of benzene rings is 1. The van der Waals surface area contributed by atoms with Crippen molar-refractivity contribution in [3.63, 3.8) is 0 Å². The van der Waals surface area contributed by atoms with E-state index in [-0.39, 0.29) is 29.8 Å². The second-order valence-electron chi connectivity index (χ2n) is 7.41. The zero-order valence-electron chi connectivity index (χ0n) is 15.4. The molecule has 2 amide bonds. The summed E-state index contributed by atoms with van der Waals surface area (Å²) in [4.78, 5) is 24.9. The summed E-state index contributed by atoms with van der Waals surface area (Å²) < 4.78 is 0. The first kappa shape index (κ1) is 21.5. The van der Waals surface area contributed by atoms with Crippen LogP contribution in [0.25, 0.3) is 0 Å². The first-order chi connectivity index (χ1) is 11.7. The minimum Gasteiger partial charge on any atom is -0.396 e. The van der Waals surface area contributed by atoms with Crippen LogP contribution in [0.1, 0.15) is 50.9 Å². The fourth-order valence-electron chi connectivity index (χ4n) is 2.44. The molecule has 0 aliphatic rings. The summed E-state index contributed by atoms with van der Waals surface area (Å²) in [7, 11) is 0. The molecule has 25 heavy (non-hydrogen) atoms. The monoisotopic (exact) mass is 368 g/mol. The average molecular weight is 369 g/mol. The van der Waals surface area contributed by atoms with E-state index in [1.807, 2.05) is 27.7 Å². The van der Waals surface area contributed by atoms with Crippen LogP contribution in [-0.2, 0) is 4.79 Å². The lowest BCUT2D eigenvalue weighted by Gasteiger charge is -2.27. The molecule has 3 N–H and O–H groups in total. The highest BCUT2D eigenvalue weighted by Gasteiger charge is 2.26. The molecule has 1 rings (SSSR count). The first-order valence-electron chi connectivity index (χ1n) is 8.61. The summed E-state index contributed by atoms with van der Waals surface area (Å²) in [6, 6.07) is 5.93. The van der Waals surface area contributed by atoms with Crippen molar-refractivity contribution in [1.29, 1.82) is 0 Å². The maximum Gasteiger partial charge on any atom is 0.251 e. The van der Waals surface area contributed by atoms with Gasteiger partial charge in [-0.25, -0.2) is 0 Å². The van der Waals surface area contributed by atoms with Crippen LogP contribution in [0.15, 0.2) is 24.3 Å². The number of halogens is 1. The Morgan fingerprint density at radius 3 is 2.32 bits per heavy atom. The molecule has 0 aliphatic heterocycles. The van der Waals surface area contributed by atoms with Crippen LogP contribution < -0.4 is 10.6 Å². The highest BCUT2D eigenvalue weighted by Crippen LogP contribution is 2.21. The summed E-state index contributed by atoms with van der Waals surface area (Å²) >= 11 is 5.83. The molecule has 0 aliphatic carbocycles. The molecule has 0 heterocycles. The number of amides is 2. The summed E-state index contributed by atoms with van der Waals surface area (Å²) in [5.41, 5.74) is 0.353. The summed E-state index contributed by atoms with van der Waals surface area (Å²) in [6.45, 7) is 8.50. The molecule has 1 aromatic rings. The van der Waals surface area contributed by atoms with Crippen LogP contribution in [0.3, 0.4) is 0 Å². The van der Waals surface area contributed by atoms with Crippen LogP contribution in [0, 0.1) is 11.3 Å². The standard InChI is InChI=1S/C19H29ClN2O3/c1-13(2)16(18(25)21-12-19(3,4)10-5-11-23)22-17(24)14-6-8-15(20)9-7-14/h6-9,13,16,23H,5,10-12H2,1-4H3,(H,21,25)(H,22,24). The fraction of sp³-hybridized carbons (Fsp3) is 0.579. The second kappa shape index (κ2) is 9.78. The number of hydrogen-bond acceptors (Lipinski definition) is 3. The van der Waals surface area contributed by atoms with Crippen LogP contribution in [0.4, 0.5) is 0 Å². The Labute approximate surface area is 155 Å². The summed E-state index contributed by atoms with van der Waals surface area (Å²) in [5.74, 6) is -0.545. The highest BCUT2D eigenvalue weighted by molar-refractivity contribution is 6.30. The Hall–Kier alpha value is -1.59. The SMILES string of the molecule is CC(C)C(NC(=O)c1ccc(Cl)cc1)C(=O)NCC(C)(C)CCCO. The molecule has 0 spiro atoms. The van der Waals surface area contributed by atoms with E-state index in [2.05, 4.69) is 10.6 Å². The minimum absolute atomic E-state index is 0.0446. The third kappa shape index (κ3) is 7.45. The number of carbonyl (C=O) groups excluding carboxylic acids is 2. The molecule has 0 aromatic heterocycles. The summed E-state index contributed by atoms with van der Waals surface area (Å²) in [5, 5.41) is 15.2. The van der Waals surface area contributed by atoms with E-state index in [1.54, 1.807) is 24.3 Å². The lowest BCUT2D eigenvalue weighted by molar-refractivity contribution is -0.124. The van der Waals surface area contributed by atoms with E-state index < -0.39 is 6.04 Å². The molecule has 1 unspecified atom stereocenters. The summed E-state index contributed by atoms with van der Waals surface area (Å²) in [6.07, 6.45) is 1.51. The molecule has 0 fully saturated rings. The molecule has 1 aromatic carbocycles. The lowest BCUT2D eigenvalue weighted by Crippen LogP contribution is -2.51. The number of aliphatic hydroxyl groups excluding tert-OH is 1. The van der Waals surface area contributed by atoms with Crippen molar-refractivity contribution < 1.29 is 14.7 Å². The van der Waals surface area contributed by atoms with Gasteiger partial charge in [0.1, 0.15) is 6.04 Å². The van der Waals surface area contributed by atoms with Gasteiger partial charge in [-0.05, 0) is 48.4 Å². The molecular weight excluding hydrogens is 340 g/mol. The van der Waals surface area contributed by atoms with Crippen molar-refractivity contribution in [1.82, 2.24) is 10.6 Å². The predicted octanol–water partition coefficient (Wildman–Crippen LogP) is 3.01. The number of aliphatic hydroxyl groups is 1. The smallest absolute Gasteiger partial charge is 0.251 e. The highest BCUT2D eigenvalue weighted by atomic mass is 35.5. The van der Waals surface area contributed by atoms with Gasteiger partial charge >= 0.3 is 0 Å². The van der Waals surface area contributed by atoms with E-state index >= 15 is 0 Å². The molecule has 140 valence electrons. The number of carbonyl (C=O) groups is 2. The topological polar surface area (TPSA) is 78.4 Å². The van der Waals surface area contributed by atoms with Crippen LogP contribution in [-0.4, -0.2) is 36.1 Å². The van der Waals surface area contributed by atoms with Gasteiger partial charge in [0.05, 0.1) is 0 Å². The van der Waals surface area contributed by atoms with Gasteiger partial charge in [0, 0.05) is 23.7 Å². The maximum absolute atomic E-state index is 12.5. The van der Waals surface area contributed by atoms with E-state index in [0.29, 0.717) is 23.6 Å². The van der Waals surface area contributed by atoms with Crippen LogP contribution in [0.2, 0.25) is 5.02 Å². The third-order valence-corrected chi connectivity index (χ3v) is 4.35. The van der Waals surface area contributed by atoms with Crippen molar-refractivity contribution in [2.45, 2.75) is 46.6 Å². The number of rotatable bonds is 9. The molecule has 6 heteroatoms. The molecule has 0 radical (unpaired) electrons. The van der Waals surface area contributed by atoms with E-state index in [4.69, 9.17) is 16.7 Å². The second-order valence-corrected chi connectivity index (χ2v) is 7.85. The Balaban J connectivity index is 2.67. The first-order valence-corrected chi connectivity index (χ1v) is 8.99. The van der Waals surface area contributed by atoms with Gasteiger partial charge in [0.25, 0.3) is 5.91 Å². The minimum atomic E-state index is -0.614. The average Bonchev–Trinajstić information content (AvgIpc) is 2.56. The lowest BCUT2D eigenvalue weighted by atomic mass is 9.87. The zero-order valence-corrected chi connectivity index (χ0v) is 16.2.